The summed E-state index contributed by atoms with van der Waals surface area (Å²) in [5.41, 5.74) is 2.87. The Hall–Kier alpha value is -2.89. The van der Waals surface area contributed by atoms with Crippen LogP contribution in [0.3, 0.4) is 0 Å². The van der Waals surface area contributed by atoms with Gasteiger partial charge in [-0.25, -0.2) is 9.18 Å². The summed E-state index contributed by atoms with van der Waals surface area (Å²) in [6.07, 6.45) is 3.17. The summed E-state index contributed by atoms with van der Waals surface area (Å²) in [5, 5.41) is 5.77. The van der Waals surface area contributed by atoms with Crippen LogP contribution in [0.1, 0.15) is 36.8 Å². The highest BCUT2D eigenvalue weighted by molar-refractivity contribution is 5.89. The molecule has 0 radical (unpaired) electrons. The smallest absolute Gasteiger partial charge is 0.321 e. The predicted octanol–water partition coefficient (Wildman–Crippen LogP) is 4.47. The first-order valence-electron chi connectivity index (χ1n) is 10.1. The molecular weight excluding hydrogens is 369 g/mol. The molecule has 0 bridgehead atoms. The number of nitrogens with zero attached hydrogens (tertiary/aromatic N) is 1. The van der Waals surface area contributed by atoms with E-state index in [1.807, 2.05) is 31.2 Å². The van der Waals surface area contributed by atoms with Crippen LogP contribution >= 0.6 is 0 Å². The highest BCUT2D eigenvalue weighted by Crippen LogP contribution is 2.22. The molecule has 1 fully saturated rings. The van der Waals surface area contributed by atoms with Crippen molar-refractivity contribution in [3.8, 4) is 0 Å². The van der Waals surface area contributed by atoms with Gasteiger partial charge in [0.1, 0.15) is 5.82 Å². The van der Waals surface area contributed by atoms with E-state index < -0.39 is 0 Å². The number of amides is 3. The second-order valence-corrected chi connectivity index (χ2v) is 7.69. The van der Waals surface area contributed by atoms with Crippen LogP contribution in [-0.4, -0.2) is 29.9 Å². The van der Waals surface area contributed by atoms with Gasteiger partial charge in [0.15, 0.2) is 0 Å². The molecule has 6 heteroatoms. The zero-order valence-electron chi connectivity index (χ0n) is 16.8. The van der Waals surface area contributed by atoms with Crippen LogP contribution in [-0.2, 0) is 11.3 Å². The van der Waals surface area contributed by atoms with Crippen molar-refractivity contribution in [2.24, 2.45) is 5.92 Å². The van der Waals surface area contributed by atoms with Crippen LogP contribution < -0.4 is 10.6 Å². The Labute approximate surface area is 171 Å². The number of hydrogen-bond acceptors (Lipinski definition) is 2. The summed E-state index contributed by atoms with van der Waals surface area (Å²) in [4.78, 5) is 26.4. The van der Waals surface area contributed by atoms with Crippen LogP contribution in [0.2, 0.25) is 0 Å². The summed E-state index contributed by atoms with van der Waals surface area (Å²) in [5.74, 6) is 0.0213. The van der Waals surface area contributed by atoms with Crippen LogP contribution in [0, 0.1) is 18.7 Å². The van der Waals surface area contributed by atoms with Crippen LogP contribution in [0.15, 0.2) is 48.5 Å². The average molecular weight is 397 g/mol. The third-order valence-corrected chi connectivity index (χ3v) is 5.29. The number of benzene rings is 2. The quantitative estimate of drug-likeness (QED) is 0.755. The summed E-state index contributed by atoms with van der Waals surface area (Å²) >= 11 is 0. The molecular formula is C23H28FN3O2. The molecule has 1 atom stereocenters. The predicted molar refractivity (Wildman–Crippen MR) is 112 cm³/mol. The van der Waals surface area contributed by atoms with Gasteiger partial charge in [-0.1, -0.05) is 29.8 Å². The summed E-state index contributed by atoms with van der Waals surface area (Å²) in [6.45, 7) is 3.91. The maximum Gasteiger partial charge on any atom is 0.321 e. The number of urea groups is 1. The largest absolute Gasteiger partial charge is 0.352 e. The van der Waals surface area contributed by atoms with E-state index in [-0.39, 0.29) is 17.8 Å². The molecule has 5 nitrogen and oxygen atoms in total. The summed E-state index contributed by atoms with van der Waals surface area (Å²) in [7, 11) is 0. The van der Waals surface area contributed by atoms with E-state index in [0.29, 0.717) is 37.7 Å². The lowest BCUT2D eigenvalue weighted by molar-refractivity contribution is -0.121. The van der Waals surface area contributed by atoms with Crippen molar-refractivity contribution in [1.82, 2.24) is 10.2 Å². The standard InChI is InChI=1S/C23H28FN3O2/c1-17-4-6-18(7-5-17)15-25-22(28)13-8-19-3-2-14-27(16-19)23(29)26-21-11-9-20(24)10-12-21/h4-7,9-12,19H,2-3,8,13-16H2,1H3,(H,25,28)(H,26,29)/t19-/m0/s1. The van der Waals surface area contributed by atoms with E-state index in [0.717, 1.165) is 24.8 Å². The first-order valence-corrected chi connectivity index (χ1v) is 10.1. The SMILES string of the molecule is Cc1ccc(CNC(=O)CC[C@@H]2CCCN(C(=O)Nc3ccc(F)cc3)C2)cc1. The first-order chi connectivity index (χ1) is 14.0. The molecule has 0 spiro atoms. The number of rotatable bonds is 6. The minimum atomic E-state index is -0.332. The molecule has 3 rings (SSSR count). The Morgan fingerprint density at radius 3 is 2.55 bits per heavy atom. The third kappa shape index (κ3) is 6.59. The molecule has 0 aromatic heterocycles. The fourth-order valence-electron chi connectivity index (χ4n) is 3.55. The van der Waals surface area contributed by atoms with E-state index in [1.54, 1.807) is 17.0 Å². The van der Waals surface area contributed by atoms with Crippen LogP contribution in [0.4, 0.5) is 14.9 Å². The number of likely N-dealkylation sites (tertiary alicyclic amines) is 1. The third-order valence-electron chi connectivity index (χ3n) is 5.29. The van der Waals surface area contributed by atoms with Gasteiger partial charge in [-0.2, -0.15) is 0 Å². The average Bonchev–Trinajstić information content (AvgIpc) is 2.73. The van der Waals surface area contributed by atoms with Crippen molar-refractivity contribution in [3.63, 3.8) is 0 Å². The zero-order chi connectivity index (χ0) is 20.6. The Bertz CT molecular complexity index is 821. The van der Waals surface area contributed by atoms with Gasteiger partial charge in [-0.3, -0.25) is 4.79 Å². The number of carbonyl (C=O) groups is 2. The van der Waals surface area contributed by atoms with Crippen LogP contribution in [0.5, 0.6) is 0 Å². The van der Waals surface area contributed by atoms with E-state index in [4.69, 9.17) is 0 Å². The number of aryl methyl sites for hydroxylation is 1. The fourth-order valence-corrected chi connectivity index (χ4v) is 3.55. The zero-order valence-corrected chi connectivity index (χ0v) is 16.8. The van der Waals surface area contributed by atoms with Gasteiger partial charge in [0.2, 0.25) is 5.91 Å². The molecule has 154 valence electrons. The normalized spacial score (nSPS) is 16.3. The second kappa shape index (κ2) is 10.0. The summed E-state index contributed by atoms with van der Waals surface area (Å²) < 4.78 is 13.0. The monoisotopic (exact) mass is 397 g/mol. The topological polar surface area (TPSA) is 61.4 Å². The molecule has 1 heterocycles. The minimum absolute atomic E-state index is 0.0402. The van der Waals surface area contributed by atoms with E-state index in [2.05, 4.69) is 10.6 Å². The maximum absolute atomic E-state index is 13.0. The molecule has 0 aliphatic carbocycles. The van der Waals surface area contributed by atoms with Gasteiger partial charge in [0, 0.05) is 31.7 Å². The Kier molecular flexibility index (Phi) is 7.22. The molecule has 1 aliphatic rings. The van der Waals surface area contributed by atoms with Crippen molar-refractivity contribution >= 4 is 17.6 Å². The first kappa shape index (κ1) is 20.8. The Morgan fingerprint density at radius 2 is 1.83 bits per heavy atom. The number of halogens is 1. The lowest BCUT2D eigenvalue weighted by atomic mass is 9.93. The number of anilines is 1. The molecule has 2 aromatic carbocycles. The Morgan fingerprint density at radius 1 is 1.10 bits per heavy atom. The number of carbonyl (C=O) groups excluding carboxylic acids is 2. The molecule has 2 N–H and O–H groups in total. The van der Waals surface area contributed by atoms with Gasteiger partial charge in [0.25, 0.3) is 0 Å². The van der Waals surface area contributed by atoms with Crippen LogP contribution in [0.25, 0.3) is 0 Å². The van der Waals surface area contributed by atoms with E-state index >= 15 is 0 Å². The molecule has 1 saturated heterocycles. The fraction of sp³-hybridized carbons (Fsp3) is 0.391. The number of hydrogen-bond donors (Lipinski definition) is 2. The molecule has 0 unspecified atom stereocenters. The van der Waals surface area contributed by atoms with Crippen molar-refractivity contribution < 1.29 is 14.0 Å². The highest BCUT2D eigenvalue weighted by atomic mass is 19.1. The van der Waals surface area contributed by atoms with Gasteiger partial charge in [0.05, 0.1) is 0 Å². The molecule has 29 heavy (non-hydrogen) atoms. The number of piperidine rings is 1. The van der Waals surface area contributed by atoms with Gasteiger partial charge in [-0.05, 0) is 61.9 Å². The second-order valence-electron chi connectivity index (χ2n) is 7.69. The van der Waals surface area contributed by atoms with Crippen molar-refractivity contribution in [2.75, 3.05) is 18.4 Å². The van der Waals surface area contributed by atoms with Crippen molar-refractivity contribution in [1.29, 1.82) is 0 Å². The lowest BCUT2D eigenvalue weighted by Crippen LogP contribution is -2.42. The Balaban J connectivity index is 1.40. The van der Waals surface area contributed by atoms with Gasteiger partial charge < -0.3 is 15.5 Å². The van der Waals surface area contributed by atoms with Gasteiger partial charge >= 0.3 is 6.03 Å². The van der Waals surface area contributed by atoms with E-state index in [9.17, 15) is 14.0 Å². The summed E-state index contributed by atoms with van der Waals surface area (Å²) in [6, 6.07) is 13.7. The lowest BCUT2D eigenvalue weighted by Gasteiger charge is -2.32. The highest BCUT2D eigenvalue weighted by Gasteiger charge is 2.24. The van der Waals surface area contributed by atoms with Crippen molar-refractivity contribution in [3.05, 3.63) is 65.5 Å². The maximum atomic E-state index is 13.0. The molecule has 1 aliphatic heterocycles. The van der Waals surface area contributed by atoms with E-state index in [1.165, 1.54) is 17.7 Å². The molecule has 3 amide bonds. The molecule has 2 aromatic rings. The van der Waals surface area contributed by atoms with Crippen molar-refractivity contribution in [2.45, 2.75) is 39.2 Å². The number of nitrogens with one attached hydrogen (secondary N) is 2. The minimum Gasteiger partial charge on any atom is -0.352 e. The molecule has 0 saturated carbocycles. The van der Waals surface area contributed by atoms with Gasteiger partial charge in [-0.15, -0.1) is 0 Å².